The fourth-order valence-electron chi connectivity index (χ4n) is 3.34. The van der Waals surface area contributed by atoms with Crippen LogP contribution in [0.5, 0.6) is 0 Å². The molecule has 0 unspecified atom stereocenters. The van der Waals surface area contributed by atoms with Gasteiger partial charge >= 0.3 is 0 Å². The summed E-state index contributed by atoms with van der Waals surface area (Å²) in [6.07, 6.45) is 1.63. The summed E-state index contributed by atoms with van der Waals surface area (Å²) in [5.74, 6) is 1.31. The first-order valence-electron chi connectivity index (χ1n) is 9.38. The Labute approximate surface area is 170 Å². The molecule has 144 valence electrons. The summed E-state index contributed by atoms with van der Waals surface area (Å²) >= 11 is 6.11. The number of nitrogens with one attached hydrogen (secondary N) is 1. The van der Waals surface area contributed by atoms with E-state index in [-0.39, 0.29) is 0 Å². The molecule has 0 atom stereocenters. The van der Waals surface area contributed by atoms with E-state index in [9.17, 15) is 0 Å². The van der Waals surface area contributed by atoms with Crippen molar-refractivity contribution >= 4 is 34.7 Å². The Morgan fingerprint density at radius 1 is 0.964 bits per heavy atom. The first-order valence-corrected chi connectivity index (χ1v) is 9.76. The summed E-state index contributed by atoms with van der Waals surface area (Å²) in [6.45, 7) is 7.72. The molecule has 1 aliphatic rings. The Hall–Kier alpha value is -2.86. The molecule has 0 amide bonds. The van der Waals surface area contributed by atoms with Gasteiger partial charge in [0.2, 0.25) is 5.95 Å². The molecule has 1 saturated heterocycles. The highest BCUT2D eigenvalue weighted by molar-refractivity contribution is 6.30. The van der Waals surface area contributed by atoms with Crippen molar-refractivity contribution < 1.29 is 0 Å². The van der Waals surface area contributed by atoms with Gasteiger partial charge in [0.15, 0.2) is 5.82 Å². The van der Waals surface area contributed by atoms with E-state index in [0.717, 1.165) is 37.4 Å². The minimum Gasteiger partial charge on any atom is -0.368 e. The van der Waals surface area contributed by atoms with Gasteiger partial charge in [0, 0.05) is 42.6 Å². The maximum atomic E-state index is 6.11. The van der Waals surface area contributed by atoms with E-state index in [1.54, 1.807) is 6.20 Å². The molecule has 6 nitrogen and oxygen atoms in total. The standard InChI is InChI=1S/C21H23ClN6/c1-15-4-3-5-18(12-15)27-8-10-28(11-9-27)21-25-20(14-23-26-21)24-19-13-17(22)7-6-16(19)2/h3-7,12-14H,8-11H2,1-2H3,(H,24,25,26). The Kier molecular flexibility index (Phi) is 5.30. The first-order chi connectivity index (χ1) is 13.6. The molecule has 0 aliphatic carbocycles. The number of aryl methyl sites for hydroxylation is 2. The van der Waals surface area contributed by atoms with Crippen LogP contribution >= 0.6 is 11.6 Å². The normalized spacial score (nSPS) is 14.2. The summed E-state index contributed by atoms with van der Waals surface area (Å²) in [5.41, 5.74) is 4.56. The lowest BCUT2D eigenvalue weighted by molar-refractivity contribution is 0.635. The fraction of sp³-hybridized carbons (Fsp3) is 0.286. The van der Waals surface area contributed by atoms with Gasteiger partial charge in [-0.2, -0.15) is 10.1 Å². The summed E-state index contributed by atoms with van der Waals surface area (Å²) in [5, 5.41) is 12.4. The molecule has 1 aromatic heterocycles. The third kappa shape index (κ3) is 4.17. The second kappa shape index (κ2) is 8.02. The first kappa shape index (κ1) is 18.5. The minimum absolute atomic E-state index is 0.647. The highest BCUT2D eigenvalue weighted by atomic mass is 35.5. The van der Waals surface area contributed by atoms with E-state index >= 15 is 0 Å². The van der Waals surface area contributed by atoms with Gasteiger partial charge in [0.05, 0.1) is 6.20 Å². The average Bonchev–Trinajstić information content (AvgIpc) is 2.71. The predicted molar refractivity (Wildman–Crippen MR) is 115 cm³/mol. The van der Waals surface area contributed by atoms with Crippen LogP contribution < -0.4 is 15.1 Å². The molecular formula is C21H23ClN6. The van der Waals surface area contributed by atoms with Gasteiger partial charge in [-0.15, -0.1) is 5.10 Å². The van der Waals surface area contributed by atoms with E-state index < -0.39 is 0 Å². The number of rotatable bonds is 4. The molecular weight excluding hydrogens is 372 g/mol. The minimum atomic E-state index is 0.647. The summed E-state index contributed by atoms with van der Waals surface area (Å²) in [7, 11) is 0. The van der Waals surface area contributed by atoms with E-state index in [0.29, 0.717) is 16.8 Å². The monoisotopic (exact) mass is 394 g/mol. The Bertz CT molecular complexity index is 969. The van der Waals surface area contributed by atoms with Crippen molar-refractivity contribution in [2.24, 2.45) is 0 Å². The topological polar surface area (TPSA) is 57.2 Å². The third-order valence-corrected chi connectivity index (χ3v) is 5.17. The van der Waals surface area contributed by atoms with Crippen molar-refractivity contribution in [3.8, 4) is 0 Å². The van der Waals surface area contributed by atoms with Crippen LogP contribution in [0, 0.1) is 13.8 Å². The summed E-state index contributed by atoms with van der Waals surface area (Å²) in [4.78, 5) is 9.23. The van der Waals surface area contributed by atoms with Crippen molar-refractivity contribution in [1.82, 2.24) is 15.2 Å². The van der Waals surface area contributed by atoms with Crippen LogP contribution in [0.3, 0.4) is 0 Å². The predicted octanol–water partition coefficient (Wildman–Crippen LogP) is 4.21. The van der Waals surface area contributed by atoms with E-state index in [4.69, 9.17) is 11.6 Å². The van der Waals surface area contributed by atoms with Crippen molar-refractivity contribution in [3.63, 3.8) is 0 Å². The SMILES string of the molecule is Cc1cccc(N2CCN(c3nncc(Nc4cc(Cl)ccc4C)n3)CC2)c1. The van der Waals surface area contributed by atoms with E-state index in [1.165, 1.54) is 11.3 Å². The van der Waals surface area contributed by atoms with Crippen LogP contribution in [-0.4, -0.2) is 41.4 Å². The number of hydrogen-bond donors (Lipinski definition) is 1. The van der Waals surface area contributed by atoms with Gasteiger partial charge in [-0.05, 0) is 49.2 Å². The van der Waals surface area contributed by atoms with Gasteiger partial charge in [-0.1, -0.05) is 29.8 Å². The van der Waals surface area contributed by atoms with Gasteiger partial charge in [-0.3, -0.25) is 0 Å². The lowest BCUT2D eigenvalue weighted by Crippen LogP contribution is -2.47. The number of halogens is 1. The van der Waals surface area contributed by atoms with Gasteiger partial charge < -0.3 is 15.1 Å². The average molecular weight is 395 g/mol. The zero-order chi connectivity index (χ0) is 19.5. The number of piperazine rings is 1. The molecule has 7 heteroatoms. The highest BCUT2D eigenvalue weighted by Crippen LogP contribution is 2.24. The number of aromatic nitrogens is 3. The zero-order valence-corrected chi connectivity index (χ0v) is 16.8. The summed E-state index contributed by atoms with van der Waals surface area (Å²) in [6, 6.07) is 14.4. The maximum Gasteiger partial charge on any atom is 0.247 e. The fourth-order valence-corrected chi connectivity index (χ4v) is 3.52. The molecule has 1 N–H and O–H groups in total. The number of hydrogen-bond acceptors (Lipinski definition) is 6. The Morgan fingerprint density at radius 3 is 2.54 bits per heavy atom. The highest BCUT2D eigenvalue weighted by Gasteiger charge is 2.20. The van der Waals surface area contributed by atoms with Crippen molar-refractivity contribution in [2.75, 3.05) is 41.3 Å². The molecule has 1 fully saturated rings. The lowest BCUT2D eigenvalue weighted by atomic mass is 10.2. The van der Waals surface area contributed by atoms with Crippen LogP contribution in [0.15, 0.2) is 48.7 Å². The molecule has 28 heavy (non-hydrogen) atoms. The molecule has 1 aliphatic heterocycles. The largest absolute Gasteiger partial charge is 0.368 e. The molecule has 4 rings (SSSR count). The quantitative estimate of drug-likeness (QED) is 0.715. The molecule has 3 aromatic rings. The van der Waals surface area contributed by atoms with E-state index in [1.807, 2.05) is 25.1 Å². The second-order valence-electron chi connectivity index (χ2n) is 7.04. The Morgan fingerprint density at radius 2 is 1.75 bits per heavy atom. The van der Waals surface area contributed by atoms with Crippen LogP contribution in [0.1, 0.15) is 11.1 Å². The third-order valence-electron chi connectivity index (χ3n) is 4.94. The van der Waals surface area contributed by atoms with Gasteiger partial charge in [-0.25, -0.2) is 0 Å². The van der Waals surface area contributed by atoms with Crippen LogP contribution in [0.4, 0.5) is 23.1 Å². The maximum absolute atomic E-state index is 6.11. The molecule has 0 radical (unpaired) electrons. The van der Waals surface area contributed by atoms with Crippen molar-refractivity contribution in [2.45, 2.75) is 13.8 Å². The van der Waals surface area contributed by atoms with Crippen LogP contribution in [0.25, 0.3) is 0 Å². The van der Waals surface area contributed by atoms with Crippen molar-refractivity contribution in [3.05, 3.63) is 64.8 Å². The van der Waals surface area contributed by atoms with Gasteiger partial charge in [0.25, 0.3) is 0 Å². The number of benzene rings is 2. The zero-order valence-electron chi connectivity index (χ0n) is 16.1. The summed E-state index contributed by atoms with van der Waals surface area (Å²) < 4.78 is 0. The lowest BCUT2D eigenvalue weighted by Gasteiger charge is -2.36. The molecule has 2 heterocycles. The van der Waals surface area contributed by atoms with Crippen molar-refractivity contribution in [1.29, 1.82) is 0 Å². The molecule has 2 aromatic carbocycles. The smallest absolute Gasteiger partial charge is 0.247 e. The van der Waals surface area contributed by atoms with E-state index in [2.05, 4.69) is 61.5 Å². The molecule has 0 spiro atoms. The second-order valence-corrected chi connectivity index (χ2v) is 7.48. The Balaban J connectivity index is 1.44. The molecule has 0 saturated carbocycles. The number of nitrogens with zero attached hydrogens (tertiary/aromatic N) is 5. The van der Waals surface area contributed by atoms with Gasteiger partial charge in [0.1, 0.15) is 0 Å². The molecule has 0 bridgehead atoms. The number of anilines is 4. The van der Waals surface area contributed by atoms with Crippen LogP contribution in [0.2, 0.25) is 5.02 Å². The van der Waals surface area contributed by atoms with Crippen LogP contribution in [-0.2, 0) is 0 Å².